The van der Waals surface area contributed by atoms with Crippen LogP contribution in [0.5, 0.6) is 0 Å². The number of pyridine rings is 1. The first kappa shape index (κ1) is 14.2. The van der Waals surface area contributed by atoms with Gasteiger partial charge in [-0.3, -0.25) is 9.17 Å². The molecule has 0 saturated carbocycles. The van der Waals surface area contributed by atoms with Gasteiger partial charge in [-0.05, 0) is 36.6 Å². The van der Waals surface area contributed by atoms with Crippen molar-refractivity contribution in [3.63, 3.8) is 0 Å². The third-order valence-corrected chi connectivity index (χ3v) is 4.76. The highest BCUT2D eigenvalue weighted by Crippen LogP contribution is 2.33. The molecule has 1 aliphatic rings. The topological polar surface area (TPSA) is 56.3 Å². The Balaban J connectivity index is 2.44. The molecule has 4 nitrogen and oxygen atoms in total. The molecule has 0 radical (unpaired) electrons. The molecule has 102 valence electrons. The highest BCUT2D eigenvalue weighted by Gasteiger charge is 2.32. The Hall–Kier alpha value is -1.17. The van der Waals surface area contributed by atoms with E-state index in [0.717, 1.165) is 5.56 Å². The largest absolute Gasteiger partial charge is 0.274 e. The van der Waals surface area contributed by atoms with E-state index in [-0.39, 0.29) is 6.61 Å². The van der Waals surface area contributed by atoms with Crippen LogP contribution in [0.4, 0.5) is 0 Å². The lowest BCUT2D eigenvalue weighted by atomic mass is 9.98. The van der Waals surface area contributed by atoms with E-state index in [1.165, 1.54) is 0 Å². The number of nitrogens with zero attached hydrogens (tertiary/aromatic N) is 1. The predicted octanol–water partition coefficient (Wildman–Crippen LogP) is 2.73. The summed E-state index contributed by atoms with van der Waals surface area (Å²) in [5, 5.41) is -0.207. The molecule has 0 saturated heterocycles. The van der Waals surface area contributed by atoms with E-state index >= 15 is 0 Å². The fourth-order valence-electron chi connectivity index (χ4n) is 1.97. The Morgan fingerprint density at radius 1 is 1.53 bits per heavy atom. The van der Waals surface area contributed by atoms with Crippen molar-refractivity contribution in [1.29, 1.82) is 0 Å². The lowest BCUT2D eigenvalue weighted by molar-refractivity contribution is 0.334. The van der Waals surface area contributed by atoms with Gasteiger partial charge in [0.25, 0.3) is 10.1 Å². The molecular formula is C13H14ClNO3S. The molecule has 1 atom stereocenters. The summed E-state index contributed by atoms with van der Waals surface area (Å²) < 4.78 is 29.1. The fraction of sp³-hybridized carbons (Fsp3) is 0.308. The number of hydrogen-bond donors (Lipinski definition) is 0. The van der Waals surface area contributed by atoms with Gasteiger partial charge < -0.3 is 0 Å². The van der Waals surface area contributed by atoms with Crippen molar-refractivity contribution in [3.05, 3.63) is 47.3 Å². The van der Waals surface area contributed by atoms with Gasteiger partial charge in [0.15, 0.2) is 0 Å². The van der Waals surface area contributed by atoms with Crippen molar-refractivity contribution < 1.29 is 12.6 Å². The molecule has 0 amide bonds. The molecule has 1 unspecified atom stereocenters. The van der Waals surface area contributed by atoms with Gasteiger partial charge in [-0.15, -0.1) is 0 Å². The second kappa shape index (κ2) is 5.86. The van der Waals surface area contributed by atoms with Crippen LogP contribution in [0.15, 0.2) is 41.7 Å². The maximum Gasteiger partial charge on any atom is 0.274 e. The number of allylic oxidation sites excluding steroid dienone is 3. The minimum atomic E-state index is -3.65. The Kier molecular flexibility index (Phi) is 4.39. The van der Waals surface area contributed by atoms with Crippen LogP contribution in [-0.4, -0.2) is 25.3 Å². The minimum Gasteiger partial charge on any atom is -0.270 e. The van der Waals surface area contributed by atoms with Gasteiger partial charge in [-0.2, -0.15) is 8.42 Å². The summed E-state index contributed by atoms with van der Waals surface area (Å²) in [5.74, 6) is 0. The molecule has 0 aliphatic heterocycles. The fourth-order valence-corrected chi connectivity index (χ4v) is 3.52. The Morgan fingerprint density at radius 3 is 2.95 bits per heavy atom. The molecule has 1 aliphatic carbocycles. The smallest absolute Gasteiger partial charge is 0.270 e. The molecule has 0 fully saturated rings. The van der Waals surface area contributed by atoms with E-state index in [0.29, 0.717) is 17.0 Å². The van der Waals surface area contributed by atoms with Crippen LogP contribution in [0.25, 0.3) is 5.57 Å². The average Bonchev–Trinajstić information content (AvgIpc) is 2.39. The molecule has 0 bridgehead atoms. The van der Waals surface area contributed by atoms with E-state index in [1.807, 2.05) is 6.07 Å². The summed E-state index contributed by atoms with van der Waals surface area (Å²) >= 11 is 5.98. The molecule has 1 heterocycles. The lowest BCUT2D eigenvalue weighted by Gasteiger charge is -2.22. The Bertz CT molecular complexity index is 608. The van der Waals surface area contributed by atoms with Crippen molar-refractivity contribution in [2.24, 2.45) is 0 Å². The summed E-state index contributed by atoms with van der Waals surface area (Å²) in [6.07, 6.45) is 6.90. The lowest BCUT2D eigenvalue weighted by Crippen LogP contribution is -2.26. The van der Waals surface area contributed by atoms with Crippen LogP contribution in [0.2, 0.25) is 0 Å². The molecule has 6 heteroatoms. The zero-order valence-corrected chi connectivity index (χ0v) is 12.0. The highest BCUT2D eigenvalue weighted by atomic mass is 35.5. The van der Waals surface area contributed by atoms with Gasteiger partial charge in [-0.25, -0.2) is 0 Å². The number of aromatic nitrogens is 1. The van der Waals surface area contributed by atoms with Gasteiger partial charge in [0.05, 0.1) is 6.61 Å². The maximum atomic E-state index is 12.1. The van der Waals surface area contributed by atoms with E-state index in [9.17, 15) is 8.42 Å². The third-order valence-electron chi connectivity index (χ3n) is 2.79. The third kappa shape index (κ3) is 3.23. The van der Waals surface area contributed by atoms with Crippen LogP contribution in [0, 0.1) is 0 Å². The van der Waals surface area contributed by atoms with Crippen LogP contribution < -0.4 is 0 Å². The van der Waals surface area contributed by atoms with Crippen LogP contribution in [-0.2, 0) is 14.3 Å². The molecule has 19 heavy (non-hydrogen) atoms. The minimum absolute atomic E-state index is 0.122. The number of hydrogen-bond acceptors (Lipinski definition) is 4. The van der Waals surface area contributed by atoms with Gasteiger partial charge >= 0.3 is 0 Å². The van der Waals surface area contributed by atoms with Crippen LogP contribution in [0.1, 0.15) is 18.9 Å². The van der Waals surface area contributed by atoms with Crippen molar-refractivity contribution in [3.8, 4) is 0 Å². The van der Waals surface area contributed by atoms with Gasteiger partial charge in [0.1, 0.15) is 5.25 Å². The number of halogens is 1. The van der Waals surface area contributed by atoms with Crippen LogP contribution in [0.3, 0.4) is 0 Å². The summed E-state index contributed by atoms with van der Waals surface area (Å²) in [5.41, 5.74) is 1.36. The van der Waals surface area contributed by atoms with E-state index < -0.39 is 15.4 Å². The SMILES string of the molecule is CCOS(=O)(=O)C1CC=C(Cl)C=C1c1cccnc1. The molecule has 0 aromatic carbocycles. The Labute approximate surface area is 117 Å². The molecule has 2 rings (SSSR count). The normalized spacial score (nSPS) is 19.8. The molecule has 1 aromatic rings. The van der Waals surface area contributed by atoms with Crippen molar-refractivity contribution in [2.45, 2.75) is 18.6 Å². The summed E-state index contributed by atoms with van der Waals surface area (Å²) in [4.78, 5) is 4.01. The second-order valence-electron chi connectivity index (χ2n) is 4.05. The van der Waals surface area contributed by atoms with Crippen molar-refractivity contribution >= 4 is 27.3 Å². The second-order valence-corrected chi connectivity index (χ2v) is 6.28. The first-order chi connectivity index (χ1) is 9.04. The average molecular weight is 300 g/mol. The quantitative estimate of drug-likeness (QED) is 0.802. The van der Waals surface area contributed by atoms with E-state index in [1.54, 1.807) is 37.5 Å². The molecule has 0 N–H and O–H groups in total. The van der Waals surface area contributed by atoms with E-state index in [2.05, 4.69) is 4.98 Å². The zero-order valence-electron chi connectivity index (χ0n) is 10.4. The summed E-state index contributed by atoms with van der Waals surface area (Å²) in [6, 6.07) is 3.57. The maximum absolute atomic E-state index is 12.1. The van der Waals surface area contributed by atoms with Crippen LogP contribution >= 0.6 is 11.6 Å². The van der Waals surface area contributed by atoms with Gasteiger partial charge in [0, 0.05) is 17.4 Å². The van der Waals surface area contributed by atoms with Crippen molar-refractivity contribution in [2.75, 3.05) is 6.61 Å². The first-order valence-electron chi connectivity index (χ1n) is 5.90. The van der Waals surface area contributed by atoms with Gasteiger partial charge in [-0.1, -0.05) is 23.7 Å². The zero-order chi connectivity index (χ0) is 13.9. The molecular weight excluding hydrogens is 286 g/mol. The standard InChI is InChI=1S/C13H14ClNO3S/c1-2-18-19(16,17)13-6-5-11(14)8-12(13)10-4-3-7-15-9-10/h3-5,7-9,13H,2,6H2,1H3. The number of rotatable bonds is 4. The summed E-state index contributed by atoms with van der Waals surface area (Å²) in [7, 11) is -3.65. The highest BCUT2D eigenvalue weighted by molar-refractivity contribution is 7.87. The van der Waals surface area contributed by atoms with Gasteiger partial charge in [0.2, 0.25) is 0 Å². The molecule has 1 aromatic heterocycles. The predicted molar refractivity (Wildman–Crippen MR) is 75.1 cm³/mol. The van der Waals surface area contributed by atoms with Crippen molar-refractivity contribution in [1.82, 2.24) is 4.98 Å². The molecule has 0 spiro atoms. The first-order valence-corrected chi connectivity index (χ1v) is 7.75. The van der Waals surface area contributed by atoms with E-state index in [4.69, 9.17) is 15.8 Å². The summed E-state index contributed by atoms with van der Waals surface area (Å²) in [6.45, 7) is 1.77. The Morgan fingerprint density at radius 2 is 2.32 bits per heavy atom. The monoisotopic (exact) mass is 299 g/mol.